The Bertz CT molecular complexity index is 529. The zero-order chi connectivity index (χ0) is 13.8. The summed E-state index contributed by atoms with van der Waals surface area (Å²) in [6, 6.07) is 9.74. The first-order chi connectivity index (χ1) is 9.10. The van der Waals surface area contributed by atoms with Crippen molar-refractivity contribution in [1.29, 1.82) is 0 Å². The summed E-state index contributed by atoms with van der Waals surface area (Å²) < 4.78 is 7.20. The first kappa shape index (κ1) is 13.5. The van der Waals surface area contributed by atoms with Crippen LogP contribution in [0.3, 0.4) is 0 Å². The van der Waals surface area contributed by atoms with Crippen LogP contribution in [-0.2, 0) is 6.42 Å². The van der Waals surface area contributed by atoms with E-state index in [1.54, 1.807) is 4.68 Å². The van der Waals surface area contributed by atoms with Crippen LogP contribution in [0, 0.1) is 5.92 Å². The minimum Gasteiger partial charge on any atom is -0.494 e. The highest BCUT2D eigenvalue weighted by molar-refractivity contribution is 5.44. The van der Waals surface area contributed by atoms with Gasteiger partial charge in [-0.05, 0) is 43.5 Å². The van der Waals surface area contributed by atoms with E-state index < -0.39 is 0 Å². The molecular weight excluding hydrogens is 238 g/mol. The second kappa shape index (κ2) is 5.78. The molecular formula is C15H21N3O. The van der Waals surface area contributed by atoms with Crippen LogP contribution in [0.2, 0.25) is 0 Å². The fourth-order valence-electron chi connectivity index (χ4n) is 2.02. The van der Waals surface area contributed by atoms with Crippen LogP contribution in [0.5, 0.6) is 5.75 Å². The third-order valence-electron chi connectivity index (χ3n) is 2.80. The lowest BCUT2D eigenvalue weighted by atomic mass is 10.1. The van der Waals surface area contributed by atoms with Gasteiger partial charge in [-0.1, -0.05) is 13.8 Å². The van der Waals surface area contributed by atoms with E-state index in [0.29, 0.717) is 18.3 Å². The predicted molar refractivity (Wildman–Crippen MR) is 77.7 cm³/mol. The molecule has 0 atom stereocenters. The zero-order valence-electron chi connectivity index (χ0n) is 11.8. The molecule has 0 radical (unpaired) electrons. The Labute approximate surface area is 114 Å². The van der Waals surface area contributed by atoms with Crippen molar-refractivity contribution >= 4 is 5.82 Å². The van der Waals surface area contributed by atoms with Crippen molar-refractivity contribution < 1.29 is 4.74 Å². The maximum atomic E-state index is 6.02. The predicted octanol–water partition coefficient (Wildman–Crippen LogP) is 3.05. The summed E-state index contributed by atoms with van der Waals surface area (Å²) in [6.45, 7) is 6.98. The summed E-state index contributed by atoms with van der Waals surface area (Å²) in [5, 5.41) is 4.55. The average molecular weight is 259 g/mol. The number of ether oxygens (including phenoxy) is 1. The molecule has 0 fully saturated rings. The highest BCUT2D eigenvalue weighted by atomic mass is 16.5. The van der Waals surface area contributed by atoms with E-state index in [4.69, 9.17) is 10.5 Å². The summed E-state index contributed by atoms with van der Waals surface area (Å²) in [5.74, 6) is 2.10. The molecule has 1 heterocycles. The van der Waals surface area contributed by atoms with Crippen LogP contribution in [0.1, 0.15) is 26.5 Å². The van der Waals surface area contributed by atoms with E-state index >= 15 is 0 Å². The number of hydrogen-bond donors (Lipinski definition) is 1. The Balaban J connectivity index is 2.23. The molecule has 4 heteroatoms. The smallest absolute Gasteiger partial charge is 0.127 e. The van der Waals surface area contributed by atoms with Gasteiger partial charge in [-0.2, -0.15) is 5.10 Å². The third kappa shape index (κ3) is 3.28. The molecule has 4 nitrogen and oxygen atoms in total. The van der Waals surface area contributed by atoms with Crippen LogP contribution in [0.15, 0.2) is 30.3 Å². The maximum Gasteiger partial charge on any atom is 0.127 e. The normalized spacial score (nSPS) is 10.9. The van der Waals surface area contributed by atoms with Gasteiger partial charge in [0.1, 0.15) is 11.6 Å². The second-order valence-corrected chi connectivity index (χ2v) is 5.00. The lowest BCUT2D eigenvalue weighted by Crippen LogP contribution is -2.02. The molecule has 19 heavy (non-hydrogen) atoms. The molecule has 0 saturated carbocycles. The Kier molecular flexibility index (Phi) is 4.10. The molecule has 1 aromatic heterocycles. The van der Waals surface area contributed by atoms with Gasteiger partial charge in [0, 0.05) is 6.07 Å². The summed E-state index contributed by atoms with van der Waals surface area (Å²) in [4.78, 5) is 0. The molecule has 0 aliphatic rings. The van der Waals surface area contributed by atoms with Crippen LogP contribution < -0.4 is 10.5 Å². The number of nitrogens with two attached hydrogens (primary N) is 1. The van der Waals surface area contributed by atoms with Crippen molar-refractivity contribution in [3.8, 4) is 11.4 Å². The molecule has 2 N–H and O–H groups in total. The molecule has 1 aromatic carbocycles. The van der Waals surface area contributed by atoms with Gasteiger partial charge >= 0.3 is 0 Å². The van der Waals surface area contributed by atoms with Crippen LogP contribution in [0.25, 0.3) is 5.69 Å². The zero-order valence-corrected chi connectivity index (χ0v) is 11.8. The molecule has 0 bridgehead atoms. The van der Waals surface area contributed by atoms with Crippen molar-refractivity contribution in [2.75, 3.05) is 12.3 Å². The fraction of sp³-hybridized carbons (Fsp3) is 0.400. The molecule has 2 rings (SSSR count). The number of nitrogen functional groups attached to an aromatic ring is 1. The molecule has 0 aliphatic carbocycles. The van der Waals surface area contributed by atoms with E-state index in [-0.39, 0.29) is 0 Å². The van der Waals surface area contributed by atoms with Crippen LogP contribution in [0.4, 0.5) is 5.82 Å². The van der Waals surface area contributed by atoms with Crippen molar-refractivity contribution in [2.24, 2.45) is 5.92 Å². The first-order valence-electron chi connectivity index (χ1n) is 6.67. The minimum absolute atomic E-state index is 0.572. The summed E-state index contributed by atoms with van der Waals surface area (Å²) >= 11 is 0. The van der Waals surface area contributed by atoms with E-state index in [2.05, 4.69) is 18.9 Å². The van der Waals surface area contributed by atoms with Gasteiger partial charge in [0.2, 0.25) is 0 Å². The van der Waals surface area contributed by atoms with Gasteiger partial charge < -0.3 is 10.5 Å². The maximum absolute atomic E-state index is 6.02. The number of aromatic nitrogens is 2. The molecule has 0 spiro atoms. The third-order valence-corrected chi connectivity index (χ3v) is 2.80. The Morgan fingerprint density at radius 2 is 1.95 bits per heavy atom. The van der Waals surface area contributed by atoms with Gasteiger partial charge in [-0.25, -0.2) is 4.68 Å². The Hall–Kier alpha value is -1.97. The highest BCUT2D eigenvalue weighted by Crippen LogP contribution is 2.19. The second-order valence-electron chi connectivity index (χ2n) is 5.00. The molecule has 0 amide bonds. The summed E-state index contributed by atoms with van der Waals surface area (Å²) in [6.07, 6.45) is 0.939. The van der Waals surface area contributed by atoms with Crippen molar-refractivity contribution in [2.45, 2.75) is 27.2 Å². The number of benzene rings is 1. The highest BCUT2D eigenvalue weighted by Gasteiger charge is 2.08. The van der Waals surface area contributed by atoms with E-state index in [0.717, 1.165) is 23.6 Å². The lowest BCUT2D eigenvalue weighted by molar-refractivity contribution is 0.340. The summed E-state index contributed by atoms with van der Waals surface area (Å²) in [5.41, 5.74) is 8.00. The molecule has 2 aromatic rings. The van der Waals surface area contributed by atoms with Gasteiger partial charge in [0.15, 0.2) is 0 Å². The summed E-state index contributed by atoms with van der Waals surface area (Å²) in [7, 11) is 0. The Morgan fingerprint density at radius 1 is 1.26 bits per heavy atom. The van der Waals surface area contributed by atoms with Crippen LogP contribution in [-0.4, -0.2) is 16.4 Å². The number of hydrogen-bond acceptors (Lipinski definition) is 3. The molecule has 0 saturated heterocycles. The largest absolute Gasteiger partial charge is 0.494 e. The average Bonchev–Trinajstić information content (AvgIpc) is 2.71. The molecule has 0 aliphatic heterocycles. The van der Waals surface area contributed by atoms with E-state index in [1.165, 1.54) is 0 Å². The van der Waals surface area contributed by atoms with E-state index in [9.17, 15) is 0 Å². The van der Waals surface area contributed by atoms with Gasteiger partial charge in [0.05, 0.1) is 18.0 Å². The number of anilines is 1. The van der Waals surface area contributed by atoms with Crippen molar-refractivity contribution in [3.05, 3.63) is 36.0 Å². The first-order valence-corrected chi connectivity index (χ1v) is 6.67. The van der Waals surface area contributed by atoms with Crippen molar-refractivity contribution in [3.63, 3.8) is 0 Å². The minimum atomic E-state index is 0.572. The number of nitrogens with zero attached hydrogens (tertiary/aromatic N) is 2. The lowest BCUT2D eigenvalue weighted by Gasteiger charge is -2.06. The van der Waals surface area contributed by atoms with E-state index in [1.807, 2.05) is 37.3 Å². The Morgan fingerprint density at radius 3 is 2.53 bits per heavy atom. The topological polar surface area (TPSA) is 53.1 Å². The van der Waals surface area contributed by atoms with Crippen molar-refractivity contribution in [1.82, 2.24) is 9.78 Å². The monoisotopic (exact) mass is 259 g/mol. The van der Waals surface area contributed by atoms with Crippen LogP contribution >= 0.6 is 0 Å². The van der Waals surface area contributed by atoms with Gasteiger partial charge in [0.25, 0.3) is 0 Å². The quantitative estimate of drug-likeness (QED) is 0.897. The van der Waals surface area contributed by atoms with Gasteiger partial charge in [-0.15, -0.1) is 0 Å². The SMILES string of the molecule is CCOc1ccc(-n2nc(CC(C)C)cc2N)cc1. The standard InChI is InChI=1S/C15H21N3O/c1-4-19-14-7-5-13(6-8-14)18-15(16)10-12(17-18)9-11(2)3/h5-8,10-11H,4,9,16H2,1-3H3. The van der Waals surface area contributed by atoms with Gasteiger partial charge in [-0.3, -0.25) is 0 Å². The number of rotatable bonds is 5. The molecule has 0 unspecified atom stereocenters. The fourth-order valence-corrected chi connectivity index (χ4v) is 2.02. The molecule has 102 valence electrons.